The molecule has 0 saturated carbocycles. The normalized spacial score (nSPS) is 18.1. The number of carbonyl (C=O) groups is 1. The second-order valence-corrected chi connectivity index (χ2v) is 7.41. The standard InChI is InChI=1S/C21H26FN5O/c22-18-8-4-3-7-17(18)21(28)27-15-13-26(14-16-27)20-10-9-19(23-24-20)25-11-5-1-2-6-12-25/h3-4,7-10H,1-2,5-6,11-16H2. The van der Waals surface area contributed by atoms with E-state index in [2.05, 4.69) is 20.0 Å². The van der Waals surface area contributed by atoms with Crippen molar-refractivity contribution in [1.82, 2.24) is 15.1 Å². The quantitative estimate of drug-likeness (QED) is 0.816. The fourth-order valence-corrected chi connectivity index (χ4v) is 3.90. The maximum absolute atomic E-state index is 13.9. The summed E-state index contributed by atoms with van der Waals surface area (Å²) in [6.07, 6.45) is 5.00. The number of aromatic nitrogens is 2. The van der Waals surface area contributed by atoms with Crippen LogP contribution in [0.15, 0.2) is 36.4 Å². The Morgan fingerprint density at radius 2 is 1.32 bits per heavy atom. The molecule has 2 aromatic rings. The summed E-state index contributed by atoms with van der Waals surface area (Å²) in [5.74, 6) is 1.06. The number of benzene rings is 1. The molecule has 0 atom stereocenters. The van der Waals surface area contributed by atoms with Gasteiger partial charge in [-0.15, -0.1) is 10.2 Å². The second-order valence-electron chi connectivity index (χ2n) is 7.41. The van der Waals surface area contributed by atoms with Gasteiger partial charge in [-0.3, -0.25) is 4.79 Å². The summed E-state index contributed by atoms with van der Waals surface area (Å²) in [5.41, 5.74) is 0.137. The van der Waals surface area contributed by atoms with Crippen LogP contribution in [0.3, 0.4) is 0 Å². The first-order valence-corrected chi connectivity index (χ1v) is 10.1. The highest BCUT2D eigenvalue weighted by molar-refractivity contribution is 5.94. The molecule has 0 bridgehead atoms. The van der Waals surface area contributed by atoms with Gasteiger partial charge in [0, 0.05) is 39.3 Å². The fourth-order valence-electron chi connectivity index (χ4n) is 3.90. The van der Waals surface area contributed by atoms with E-state index in [1.54, 1.807) is 17.0 Å². The highest BCUT2D eigenvalue weighted by Gasteiger charge is 2.24. The van der Waals surface area contributed by atoms with Gasteiger partial charge < -0.3 is 14.7 Å². The molecule has 2 saturated heterocycles. The molecule has 7 heteroatoms. The number of amides is 1. The van der Waals surface area contributed by atoms with Crippen LogP contribution in [0, 0.1) is 5.82 Å². The van der Waals surface area contributed by atoms with Gasteiger partial charge in [0.25, 0.3) is 5.91 Å². The maximum Gasteiger partial charge on any atom is 0.256 e. The largest absolute Gasteiger partial charge is 0.355 e. The number of anilines is 2. The minimum absolute atomic E-state index is 0.137. The van der Waals surface area contributed by atoms with E-state index in [9.17, 15) is 9.18 Å². The first-order chi connectivity index (χ1) is 13.7. The Hall–Kier alpha value is -2.70. The lowest BCUT2D eigenvalue weighted by Gasteiger charge is -2.35. The van der Waals surface area contributed by atoms with Crippen molar-refractivity contribution in [2.45, 2.75) is 25.7 Å². The van der Waals surface area contributed by atoms with Crippen molar-refractivity contribution in [3.63, 3.8) is 0 Å². The topological polar surface area (TPSA) is 52.6 Å². The van der Waals surface area contributed by atoms with E-state index in [0.29, 0.717) is 26.2 Å². The molecule has 3 heterocycles. The van der Waals surface area contributed by atoms with E-state index in [-0.39, 0.29) is 11.5 Å². The number of hydrogen-bond donors (Lipinski definition) is 0. The average molecular weight is 383 g/mol. The van der Waals surface area contributed by atoms with Crippen LogP contribution < -0.4 is 9.80 Å². The van der Waals surface area contributed by atoms with Crippen LogP contribution in [0.5, 0.6) is 0 Å². The molecule has 0 N–H and O–H groups in total. The Morgan fingerprint density at radius 1 is 0.750 bits per heavy atom. The van der Waals surface area contributed by atoms with Crippen molar-refractivity contribution >= 4 is 17.5 Å². The second kappa shape index (κ2) is 8.54. The molecule has 1 aromatic heterocycles. The van der Waals surface area contributed by atoms with Gasteiger partial charge in [0.05, 0.1) is 5.56 Å². The van der Waals surface area contributed by atoms with E-state index in [4.69, 9.17) is 0 Å². The minimum atomic E-state index is -0.468. The van der Waals surface area contributed by atoms with Gasteiger partial charge in [-0.25, -0.2) is 4.39 Å². The Morgan fingerprint density at radius 3 is 1.89 bits per heavy atom. The molecule has 1 amide bonds. The van der Waals surface area contributed by atoms with Crippen molar-refractivity contribution in [2.24, 2.45) is 0 Å². The molecule has 6 nitrogen and oxygen atoms in total. The van der Waals surface area contributed by atoms with Gasteiger partial charge in [0.15, 0.2) is 11.6 Å². The summed E-state index contributed by atoms with van der Waals surface area (Å²) in [5, 5.41) is 8.86. The van der Waals surface area contributed by atoms with Crippen molar-refractivity contribution in [3.8, 4) is 0 Å². The predicted molar refractivity (Wildman–Crippen MR) is 107 cm³/mol. The van der Waals surface area contributed by atoms with Crippen molar-refractivity contribution < 1.29 is 9.18 Å². The summed E-state index contributed by atoms with van der Waals surface area (Å²) in [6, 6.07) is 10.2. The molecule has 28 heavy (non-hydrogen) atoms. The lowest BCUT2D eigenvalue weighted by molar-refractivity contribution is 0.0742. The summed E-state index contributed by atoms with van der Waals surface area (Å²) >= 11 is 0. The summed E-state index contributed by atoms with van der Waals surface area (Å²) in [4.78, 5) is 18.7. The number of piperazine rings is 1. The predicted octanol–water partition coefficient (Wildman–Crippen LogP) is 2.96. The van der Waals surface area contributed by atoms with Crippen LogP contribution in [-0.2, 0) is 0 Å². The van der Waals surface area contributed by atoms with Crippen LogP contribution in [0.1, 0.15) is 36.0 Å². The van der Waals surface area contributed by atoms with Gasteiger partial charge in [0.1, 0.15) is 5.82 Å². The Kier molecular flexibility index (Phi) is 5.69. The van der Waals surface area contributed by atoms with Crippen LogP contribution in [-0.4, -0.2) is 60.3 Å². The number of nitrogens with zero attached hydrogens (tertiary/aromatic N) is 5. The molecule has 1 aromatic carbocycles. The number of halogens is 1. The molecular weight excluding hydrogens is 357 g/mol. The maximum atomic E-state index is 13.9. The number of hydrogen-bond acceptors (Lipinski definition) is 5. The zero-order chi connectivity index (χ0) is 19.3. The monoisotopic (exact) mass is 383 g/mol. The molecule has 4 rings (SSSR count). The smallest absolute Gasteiger partial charge is 0.256 e. The molecular formula is C21H26FN5O. The van der Waals surface area contributed by atoms with Gasteiger partial charge in [-0.2, -0.15) is 0 Å². The molecule has 0 aliphatic carbocycles. The molecule has 0 unspecified atom stereocenters. The zero-order valence-corrected chi connectivity index (χ0v) is 16.1. The van der Waals surface area contributed by atoms with Crippen LogP contribution in [0.25, 0.3) is 0 Å². The van der Waals surface area contributed by atoms with Gasteiger partial charge in [-0.05, 0) is 37.1 Å². The molecule has 0 spiro atoms. The van der Waals surface area contributed by atoms with Gasteiger partial charge in [-0.1, -0.05) is 25.0 Å². The van der Waals surface area contributed by atoms with E-state index in [0.717, 1.165) is 24.7 Å². The Bertz CT molecular complexity index is 797. The van der Waals surface area contributed by atoms with Crippen molar-refractivity contribution in [1.29, 1.82) is 0 Å². The van der Waals surface area contributed by atoms with E-state index in [1.807, 2.05) is 12.1 Å². The summed E-state index contributed by atoms with van der Waals surface area (Å²) in [6.45, 7) is 4.51. The van der Waals surface area contributed by atoms with E-state index < -0.39 is 5.82 Å². The highest BCUT2D eigenvalue weighted by Crippen LogP contribution is 2.20. The number of carbonyl (C=O) groups excluding carboxylic acids is 1. The van der Waals surface area contributed by atoms with Crippen molar-refractivity contribution in [3.05, 3.63) is 47.8 Å². The molecule has 2 aliphatic rings. The molecule has 148 valence electrons. The first-order valence-electron chi connectivity index (χ1n) is 10.1. The van der Waals surface area contributed by atoms with Crippen molar-refractivity contribution in [2.75, 3.05) is 49.1 Å². The van der Waals surface area contributed by atoms with Crippen LogP contribution >= 0.6 is 0 Å². The lowest BCUT2D eigenvalue weighted by Crippen LogP contribution is -2.49. The molecule has 2 aliphatic heterocycles. The highest BCUT2D eigenvalue weighted by atomic mass is 19.1. The molecule has 0 radical (unpaired) electrons. The lowest BCUT2D eigenvalue weighted by atomic mass is 10.1. The Balaban J connectivity index is 1.36. The van der Waals surface area contributed by atoms with E-state index >= 15 is 0 Å². The van der Waals surface area contributed by atoms with Gasteiger partial charge in [0.2, 0.25) is 0 Å². The Labute approximate surface area is 165 Å². The third-order valence-electron chi connectivity index (χ3n) is 5.56. The summed E-state index contributed by atoms with van der Waals surface area (Å²) < 4.78 is 13.9. The fraction of sp³-hybridized carbons (Fsp3) is 0.476. The van der Waals surface area contributed by atoms with Gasteiger partial charge >= 0.3 is 0 Å². The number of rotatable bonds is 3. The third kappa shape index (κ3) is 4.08. The summed E-state index contributed by atoms with van der Waals surface area (Å²) in [7, 11) is 0. The van der Waals surface area contributed by atoms with Crippen LogP contribution in [0.4, 0.5) is 16.0 Å². The SMILES string of the molecule is O=C(c1ccccc1F)N1CCN(c2ccc(N3CCCCCC3)nn2)CC1. The minimum Gasteiger partial charge on any atom is -0.355 e. The average Bonchev–Trinajstić information content (AvgIpc) is 3.04. The van der Waals surface area contributed by atoms with Crippen LogP contribution in [0.2, 0.25) is 0 Å². The molecule has 2 fully saturated rings. The van der Waals surface area contributed by atoms with E-state index in [1.165, 1.54) is 37.8 Å². The zero-order valence-electron chi connectivity index (χ0n) is 16.1. The first kappa shape index (κ1) is 18.7. The third-order valence-corrected chi connectivity index (χ3v) is 5.56.